The zero-order valence-corrected chi connectivity index (χ0v) is 17.3. The van der Waals surface area contributed by atoms with E-state index in [2.05, 4.69) is 27.2 Å². The van der Waals surface area contributed by atoms with Crippen LogP contribution >= 0.6 is 0 Å². The van der Waals surface area contributed by atoms with Crippen LogP contribution in [0.15, 0.2) is 52.9 Å². The van der Waals surface area contributed by atoms with E-state index < -0.39 is 0 Å². The van der Waals surface area contributed by atoms with Gasteiger partial charge in [-0.25, -0.2) is 0 Å². The van der Waals surface area contributed by atoms with Crippen molar-refractivity contribution < 1.29 is 9.21 Å². The second-order valence-corrected chi connectivity index (χ2v) is 7.97. The van der Waals surface area contributed by atoms with Gasteiger partial charge in [0.05, 0.1) is 13.1 Å². The average Bonchev–Trinajstić information content (AvgIpc) is 2.98. The number of hydrogen-bond acceptors (Lipinski definition) is 4. The molecule has 0 radical (unpaired) electrons. The van der Waals surface area contributed by atoms with Crippen molar-refractivity contribution in [3.63, 3.8) is 0 Å². The van der Waals surface area contributed by atoms with Gasteiger partial charge in [0.25, 0.3) is 0 Å². The van der Waals surface area contributed by atoms with Crippen molar-refractivity contribution >= 4 is 22.6 Å². The number of nitrogens with zero attached hydrogens (tertiary/aromatic N) is 2. The number of nitrogens with one attached hydrogen (secondary N) is 1. The summed E-state index contributed by atoms with van der Waals surface area (Å²) in [6, 6.07) is 16.4. The quantitative estimate of drug-likeness (QED) is 0.708. The average molecular weight is 392 g/mol. The molecule has 1 aliphatic heterocycles. The lowest BCUT2D eigenvalue weighted by molar-refractivity contribution is -0.117. The van der Waals surface area contributed by atoms with Crippen LogP contribution in [0.4, 0.5) is 5.69 Å². The molecule has 1 saturated heterocycles. The molecule has 5 nitrogen and oxygen atoms in total. The van der Waals surface area contributed by atoms with Gasteiger partial charge in [0.1, 0.15) is 11.3 Å². The molecule has 1 amide bonds. The first-order valence-electron chi connectivity index (χ1n) is 10.4. The van der Waals surface area contributed by atoms with E-state index in [-0.39, 0.29) is 5.91 Å². The third kappa shape index (κ3) is 4.86. The summed E-state index contributed by atoms with van der Waals surface area (Å²) in [5.41, 5.74) is 4.10. The zero-order chi connectivity index (χ0) is 20.2. The van der Waals surface area contributed by atoms with Crippen molar-refractivity contribution in [1.82, 2.24) is 9.80 Å². The van der Waals surface area contributed by atoms with Crippen LogP contribution in [0.1, 0.15) is 23.3 Å². The summed E-state index contributed by atoms with van der Waals surface area (Å²) >= 11 is 0. The highest BCUT2D eigenvalue weighted by atomic mass is 16.3. The molecule has 0 spiro atoms. The zero-order valence-electron chi connectivity index (χ0n) is 17.3. The molecule has 1 N–H and O–H groups in total. The number of furan rings is 1. The van der Waals surface area contributed by atoms with Crippen LogP contribution in [0, 0.1) is 13.8 Å². The number of aryl methyl sites for hydroxylation is 2. The van der Waals surface area contributed by atoms with Crippen LogP contribution < -0.4 is 5.32 Å². The summed E-state index contributed by atoms with van der Waals surface area (Å²) in [5, 5.41) is 4.26. The largest absolute Gasteiger partial charge is 0.460 e. The number of para-hydroxylation sites is 2. The van der Waals surface area contributed by atoms with Crippen molar-refractivity contribution in [3.05, 3.63) is 65.4 Å². The number of rotatable bonds is 5. The van der Waals surface area contributed by atoms with Gasteiger partial charge in [-0.2, -0.15) is 0 Å². The van der Waals surface area contributed by atoms with E-state index in [1.54, 1.807) is 0 Å². The van der Waals surface area contributed by atoms with E-state index in [1.165, 1.54) is 0 Å². The van der Waals surface area contributed by atoms with Crippen LogP contribution in [0.3, 0.4) is 0 Å². The fraction of sp³-hybridized carbons (Fsp3) is 0.375. The van der Waals surface area contributed by atoms with Gasteiger partial charge in [-0.1, -0.05) is 36.4 Å². The Balaban J connectivity index is 1.31. The maximum Gasteiger partial charge on any atom is 0.238 e. The highest BCUT2D eigenvalue weighted by molar-refractivity contribution is 5.93. The van der Waals surface area contributed by atoms with Gasteiger partial charge >= 0.3 is 0 Å². The van der Waals surface area contributed by atoms with E-state index in [1.807, 2.05) is 50.2 Å². The molecule has 1 fully saturated rings. The Kier molecular flexibility index (Phi) is 5.97. The van der Waals surface area contributed by atoms with E-state index in [9.17, 15) is 4.79 Å². The predicted octanol–water partition coefficient (Wildman–Crippen LogP) is 4.20. The lowest BCUT2D eigenvalue weighted by atomic mass is 10.1. The molecule has 2 aromatic carbocycles. The number of anilines is 1. The van der Waals surface area contributed by atoms with Crippen LogP contribution in [0.2, 0.25) is 0 Å². The molecule has 29 heavy (non-hydrogen) atoms. The van der Waals surface area contributed by atoms with E-state index >= 15 is 0 Å². The number of fused-ring (bicyclic) bond motifs is 1. The Bertz CT molecular complexity index is 941. The molecule has 3 aromatic rings. The Labute approximate surface area is 172 Å². The number of carbonyl (C=O) groups is 1. The maximum atomic E-state index is 12.6. The first-order chi connectivity index (χ1) is 14.1. The molecule has 5 heteroatoms. The van der Waals surface area contributed by atoms with Crippen molar-refractivity contribution in [2.45, 2.75) is 26.8 Å². The van der Waals surface area contributed by atoms with Crippen molar-refractivity contribution in [1.29, 1.82) is 0 Å². The molecule has 4 rings (SSSR count). The Morgan fingerprint density at radius 3 is 2.48 bits per heavy atom. The van der Waals surface area contributed by atoms with Crippen LogP contribution in [-0.4, -0.2) is 48.4 Å². The molecule has 0 bridgehead atoms. The SMILES string of the molecule is Cc1cccc(C)c1NC(=O)CN1CCCN(Cc2cc3ccccc3o2)CC1. The highest BCUT2D eigenvalue weighted by Crippen LogP contribution is 2.21. The Morgan fingerprint density at radius 1 is 0.966 bits per heavy atom. The fourth-order valence-corrected chi connectivity index (χ4v) is 4.07. The van der Waals surface area contributed by atoms with Crippen LogP contribution in [0.25, 0.3) is 11.0 Å². The normalized spacial score (nSPS) is 16.1. The first-order valence-corrected chi connectivity index (χ1v) is 10.4. The lowest BCUT2D eigenvalue weighted by Gasteiger charge is -2.21. The third-order valence-electron chi connectivity index (χ3n) is 5.65. The molecule has 1 aliphatic rings. The molecule has 2 heterocycles. The molecule has 0 aliphatic carbocycles. The topological polar surface area (TPSA) is 48.7 Å². The number of benzene rings is 2. The van der Waals surface area contributed by atoms with Gasteiger partial charge in [-0.05, 0) is 56.6 Å². The Morgan fingerprint density at radius 2 is 1.69 bits per heavy atom. The minimum Gasteiger partial charge on any atom is -0.460 e. The van der Waals surface area contributed by atoms with Crippen molar-refractivity contribution in [2.75, 3.05) is 38.0 Å². The van der Waals surface area contributed by atoms with Crippen LogP contribution in [0.5, 0.6) is 0 Å². The van der Waals surface area contributed by atoms with E-state index in [0.717, 1.165) is 72.7 Å². The minimum absolute atomic E-state index is 0.0631. The smallest absolute Gasteiger partial charge is 0.238 e. The van der Waals surface area contributed by atoms with Crippen molar-refractivity contribution in [3.8, 4) is 0 Å². The summed E-state index contributed by atoms with van der Waals surface area (Å²) in [7, 11) is 0. The van der Waals surface area contributed by atoms with Crippen LogP contribution in [-0.2, 0) is 11.3 Å². The summed E-state index contributed by atoms with van der Waals surface area (Å²) in [4.78, 5) is 17.3. The van der Waals surface area contributed by atoms with Gasteiger partial charge in [-0.3, -0.25) is 14.6 Å². The van der Waals surface area contributed by atoms with E-state index in [0.29, 0.717) is 6.54 Å². The number of amides is 1. The van der Waals surface area contributed by atoms with Crippen molar-refractivity contribution in [2.24, 2.45) is 0 Å². The second kappa shape index (κ2) is 8.80. The van der Waals surface area contributed by atoms with Gasteiger partial charge in [-0.15, -0.1) is 0 Å². The predicted molar refractivity (Wildman–Crippen MR) is 117 cm³/mol. The Hall–Kier alpha value is -2.63. The lowest BCUT2D eigenvalue weighted by Crippen LogP contribution is -2.36. The van der Waals surface area contributed by atoms with Gasteiger partial charge < -0.3 is 9.73 Å². The third-order valence-corrected chi connectivity index (χ3v) is 5.65. The molecule has 0 atom stereocenters. The molecular weight excluding hydrogens is 362 g/mol. The minimum atomic E-state index is 0.0631. The molecule has 0 unspecified atom stereocenters. The summed E-state index contributed by atoms with van der Waals surface area (Å²) in [5.74, 6) is 1.07. The standard InChI is InChI=1S/C24H29N3O2/c1-18-7-5-8-19(2)24(18)25-23(28)17-27-12-6-11-26(13-14-27)16-21-15-20-9-3-4-10-22(20)29-21/h3-5,7-10,15H,6,11-14,16-17H2,1-2H3,(H,25,28). The first kappa shape index (κ1) is 19.7. The van der Waals surface area contributed by atoms with Gasteiger partial charge in [0.15, 0.2) is 0 Å². The summed E-state index contributed by atoms with van der Waals surface area (Å²) in [6.07, 6.45) is 1.05. The monoisotopic (exact) mass is 391 g/mol. The number of carbonyl (C=O) groups excluding carboxylic acids is 1. The van der Waals surface area contributed by atoms with E-state index in [4.69, 9.17) is 4.42 Å². The molecule has 1 aromatic heterocycles. The highest BCUT2D eigenvalue weighted by Gasteiger charge is 2.19. The van der Waals surface area contributed by atoms with Gasteiger partial charge in [0, 0.05) is 24.2 Å². The molecular formula is C24H29N3O2. The van der Waals surface area contributed by atoms with Gasteiger partial charge in [0.2, 0.25) is 5.91 Å². The fourth-order valence-electron chi connectivity index (χ4n) is 4.07. The summed E-state index contributed by atoms with van der Waals surface area (Å²) < 4.78 is 5.97. The molecule has 0 saturated carbocycles. The second-order valence-electron chi connectivity index (χ2n) is 7.97. The maximum absolute atomic E-state index is 12.6. The summed E-state index contributed by atoms with van der Waals surface area (Å²) in [6.45, 7) is 9.11. The molecule has 152 valence electrons. The number of hydrogen-bond donors (Lipinski definition) is 1.